The molecule has 0 spiro atoms. The highest BCUT2D eigenvalue weighted by Gasteiger charge is 2.18. The maximum atomic E-state index is 6.11. The summed E-state index contributed by atoms with van der Waals surface area (Å²) in [7, 11) is 2.08. The molecule has 6 rings (SSSR count). The number of rotatable bonds is 4. The molecule has 6 aromatic rings. The van der Waals surface area contributed by atoms with E-state index in [1.165, 1.54) is 0 Å². The second kappa shape index (κ2) is 7.92. The van der Waals surface area contributed by atoms with Gasteiger partial charge in [-0.3, -0.25) is 0 Å². The molecule has 0 fully saturated rings. The molecule has 0 saturated carbocycles. The van der Waals surface area contributed by atoms with Crippen molar-refractivity contribution >= 4 is 21.9 Å². The van der Waals surface area contributed by atoms with E-state index < -0.39 is 0 Å². The fourth-order valence-corrected chi connectivity index (χ4v) is 4.30. The Hall–Kier alpha value is -4.44. The van der Waals surface area contributed by atoms with E-state index in [1.807, 2.05) is 54.6 Å². The van der Waals surface area contributed by atoms with Crippen LogP contribution in [0.25, 0.3) is 44.5 Å². The van der Waals surface area contributed by atoms with Crippen LogP contribution < -0.4 is 9.30 Å². The number of ether oxygens (including phenoxy) is 1. The van der Waals surface area contributed by atoms with Crippen LogP contribution in [-0.2, 0) is 7.05 Å². The van der Waals surface area contributed by atoms with Crippen LogP contribution in [0.5, 0.6) is 11.6 Å². The zero-order valence-electron chi connectivity index (χ0n) is 18.1. The molecule has 0 aliphatic heterocycles. The van der Waals surface area contributed by atoms with Crippen molar-refractivity contribution in [3.05, 3.63) is 109 Å². The van der Waals surface area contributed by atoms with Gasteiger partial charge in [-0.05, 0) is 54.6 Å². The van der Waals surface area contributed by atoms with Crippen LogP contribution >= 0.6 is 0 Å². The number of fused-ring (bicyclic) bond motifs is 3. The minimum absolute atomic E-state index is 0.576. The van der Waals surface area contributed by atoms with E-state index in [0.29, 0.717) is 5.88 Å². The summed E-state index contributed by atoms with van der Waals surface area (Å²) in [5, 5.41) is 2.27. The molecular weight excluding hydrogens is 408 g/mol. The highest BCUT2D eigenvalue weighted by atomic mass is 16.5. The number of aromatic nitrogens is 2. The van der Waals surface area contributed by atoms with Crippen LogP contribution in [0.1, 0.15) is 0 Å². The van der Waals surface area contributed by atoms with Crippen LogP contribution in [0.3, 0.4) is 0 Å². The zero-order valence-corrected chi connectivity index (χ0v) is 18.1. The third-order valence-corrected chi connectivity index (χ3v) is 5.90. The number of pyridine rings is 2. The minimum Gasteiger partial charge on any atom is -0.456 e. The predicted molar refractivity (Wildman–Crippen MR) is 130 cm³/mol. The van der Waals surface area contributed by atoms with Gasteiger partial charge in [0.15, 0.2) is 0 Å². The lowest BCUT2D eigenvalue weighted by Crippen LogP contribution is -2.33. The van der Waals surface area contributed by atoms with Crippen molar-refractivity contribution in [2.75, 3.05) is 0 Å². The molecule has 0 aliphatic carbocycles. The van der Waals surface area contributed by atoms with Gasteiger partial charge in [-0.25, -0.2) is 4.98 Å². The first-order valence-electron chi connectivity index (χ1n) is 10.9. The van der Waals surface area contributed by atoms with Crippen LogP contribution in [-0.4, -0.2) is 4.98 Å². The molecule has 0 N–H and O–H groups in total. The Balaban J connectivity index is 1.40. The topological polar surface area (TPSA) is 39.1 Å². The maximum Gasteiger partial charge on any atom is 0.219 e. The number of para-hydroxylation sites is 1. The van der Waals surface area contributed by atoms with E-state index in [0.717, 1.165) is 50.2 Å². The standard InChI is InChI=1S/C29H21N2O2/c1-31-25(20-8-6-9-22(18-20)32-29-14-4-5-17-30-29)11-7-12-26(31)21-15-16-24-23-10-2-3-13-27(23)33-28(24)19-21/h2-19H,1H3/q+1. The summed E-state index contributed by atoms with van der Waals surface area (Å²) in [6.45, 7) is 0. The van der Waals surface area contributed by atoms with E-state index in [-0.39, 0.29) is 0 Å². The fraction of sp³-hybridized carbons (Fsp3) is 0.0345. The number of hydrogen-bond donors (Lipinski definition) is 0. The summed E-state index contributed by atoms with van der Waals surface area (Å²) in [4.78, 5) is 4.25. The van der Waals surface area contributed by atoms with Crippen molar-refractivity contribution in [1.82, 2.24) is 4.98 Å². The lowest BCUT2D eigenvalue weighted by Gasteiger charge is -2.08. The first-order chi connectivity index (χ1) is 16.3. The lowest BCUT2D eigenvalue weighted by atomic mass is 10.0. The minimum atomic E-state index is 0.576. The summed E-state index contributed by atoms with van der Waals surface area (Å²) in [5.74, 6) is 1.33. The average molecular weight is 429 g/mol. The number of nitrogens with zero attached hydrogens (tertiary/aromatic N) is 2. The van der Waals surface area contributed by atoms with Crippen molar-refractivity contribution in [3.63, 3.8) is 0 Å². The van der Waals surface area contributed by atoms with Crippen molar-refractivity contribution in [3.8, 4) is 34.1 Å². The normalized spacial score (nSPS) is 11.2. The van der Waals surface area contributed by atoms with Crippen molar-refractivity contribution in [2.24, 2.45) is 7.05 Å². The second-order valence-corrected chi connectivity index (χ2v) is 7.96. The maximum absolute atomic E-state index is 6.11. The first kappa shape index (κ1) is 19.3. The molecule has 158 valence electrons. The van der Waals surface area contributed by atoms with Gasteiger partial charge < -0.3 is 9.15 Å². The van der Waals surface area contributed by atoms with Crippen LogP contribution in [0.2, 0.25) is 0 Å². The molecular formula is C29H21N2O2+. The van der Waals surface area contributed by atoms with Gasteiger partial charge in [-0.1, -0.05) is 30.3 Å². The first-order valence-corrected chi connectivity index (χ1v) is 10.9. The Morgan fingerprint density at radius 2 is 1.42 bits per heavy atom. The largest absolute Gasteiger partial charge is 0.456 e. The molecule has 33 heavy (non-hydrogen) atoms. The Kier molecular flexibility index (Phi) is 4.62. The Labute approximate surface area is 191 Å². The van der Waals surface area contributed by atoms with Crippen molar-refractivity contribution in [1.29, 1.82) is 0 Å². The molecule has 0 atom stereocenters. The third kappa shape index (κ3) is 3.52. The van der Waals surface area contributed by atoms with Crippen molar-refractivity contribution < 1.29 is 13.7 Å². The highest BCUT2D eigenvalue weighted by molar-refractivity contribution is 6.05. The summed E-state index contributed by atoms with van der Waals surface area (Å²) >= 11 is 0. The lowest BCUT2D eigenvalue weighted by molar-refractivity contribution is -0.649. The molecule has 0 amide bonds. The zero-order chi connectivity index (χ0) is 22.2. The van der Waals surface area contributed by atoms with Gasteiger partial charge in [-0.15, -0.1) is 0 Å². The predicted octanol–water partition coefficient (Wildman–Crippen LogP) is 6.93. The van der Waals surface area contributed by atoms with Crippen LogP contribution in [0, 0.1) is 0 Å². The van der Waals surface area contributed by atoms with Gasteiger partial charge in [0.1, 0.15) is 24.0 Å². The average Bonchev–Trinajstić information content (AvgIpc) is 3.23. The quantitative estimate of drug-likeness (QED) is 0.285. The monoisotopic (exact) mass is 429 g/mol. The summed E-state index contributed by atoms with van der Waals surface area (Å²) in [6.07, 6.45) is 1.72. The Morgan fingerprint density at radius 1 is 0.667 bits per heavy atom. The number of benzene rings is 3. The smallest absolute Gasteiger partial charge is 0.219 e. The summed E-state index contributed by atoms with van der Waals surface area (Å²) in [6, 6.07) is 34.6. The fourth-order valence-electron chi connectivity index (χ4n) is 4.30. The third-order valence-electron chi connectivity index (χ3n) is 5.90. The number of furan rings is 1. The second-order valence-electron chi connectivity index (χ2n) is 7.96. The van der Waals surface area contributed by atoms with Crippen molar-refractivity contribution in [2.45, 2.75) is 0 Å². The van der Waals surface area contributed by atoms with E-state index >= 15 is 0 Å². The van der Waals surface area contributed by atoms with Gasteiger partial charge in [0, 0.05) is 46.3 Å². The van der Waals surface area contributed by atoms with E-state index in [1.54, 1.807) is 6.20 Å². The van der Waals surface area contributed by atoms with Crippen LogP contribution in [0.15, 0.2) is 114 Å². The number of hydrogen-bond acceptors (Lipinski definition) is 3. The van der Waals surface area contributed by atoms with E-state index in [4.69, 9.17) is 9.15 Å². The molecule has 0 bridgehead atoms. The van der Waals surface area contributed by atoms with E-state index in [2.05, 4.69) is 65.1 Å². The van der Waals surface area contributed by atoms with Gasteiger partial charge in [0.05, 0.1) is 0 Å². The molecule has 0 unspecified atom stereocenters. The Bertz CT molecular complexity index is 1600. The van der Waals surface area contributed by atoms with Gasteiger partial charge >= 0.3 is 0 Å². The molecule has 3 aromatic carbocycles. The molecule has 4 heteroatoms. The Morgan fingerprint density at radius 3 is 2.27 bits per heavy atom. The molecule has 0 aliphatic rings. The molecule has 0 saturated heterocycles. The van der Waals surface area contributed by atoms with E-state index in [9.17, 15) is 0 Å². The molecule has 0 radical (unpaired) electrons. The molecule has 3 heterocycles. The van der Waals surface area contributed by atoms with Gasteiger partial charge in [-0.2, -0.15) is 4.57 Å². The SMILES string of the molecule is C[n+]1c(-c2cccc(Oc3ccccn3)c2)cccc1-c1ccc2c(c1)oc1ccccc12. The molecule has 3 aromatic heterocycles. The summed E-state index contributed by atoms with van der Waals surface area (Å²) in [5.41, 5.74) is 6.16. The van der Waals surface area contributed by atoms with Gasteiger partial charge in [0.2, 0.25) is 17.3 Å². The van der Waals surface area contributed by atoms with Crippen LogP contribution in [0.4, 0.5) is 0 Å². The molecule has 4 nitrogen and oxygen atoms in total. The summed E-state index contributed by atoms with van der Waals surface area (Å²) < 4.78 is 14.2. The highest BCUT2D eigenvalue weighted by Crippen LogP contribution is 2.32. The van der Waals surface area contributed by atoms with Gasteiger partial charge in [0.25, 0.3) is 0 Å².